The van der Waals surface area contributed by atoms with Gasteiger partial charge in [0.15, 0.2) is 0 Å². The van der Waals surface area contributed by atoms with Gasteiger partial charge in [0, 0.05) is 5.46 Å². The lowest BCUT2D eigenvalue weighted by molar-refractivity contribution is 0.173. The highest BCUT2D eigenvalue weighted by atomic mass is 16.7. The molecule has 1 saturated heterocycles. The topological polar surface area (TPSA) is 18.5 Å². The Labute approximate surface area is 146 Å². The van der Waals surface area contributed by atoms with E-state index in [9.17, 15) is 0 Å². The normalized spacial score (nSPS) is 17.2. The smallest absolute Gasteiger partial charge is 0.534 e. The van der Waals surface area contributed by atoms with E-state index in [2.05, 4.69) is 64.6 Å². The number of hydrogen-bond donors (Lipinski definition) is 0. The monoisotopic (exact) mass is 322 g/mol. The van der Waals surface area contributed by atoms with Gasteiger partial charge in [-0.05, 0) is 47.6 Å². The quantitative estimate of drug-likeness (QED) is 0.730. The maximum absolute atomic E-state index is 6.22. The molecule has 1 heterocycles. The van der Waals surface area contributed by atoms with Crippen LogP contribution in [0.1, 0.15) is 64.5 Å². The number of rotatable bonds is 3. The lowest BCUT2D eigenvalue weighted by Gasteiger charge is -2.19. The molecule has 0 aliphatic carbocycles. The Morgan fingerprint density at radius 2 is 1.67 bits per heavy atom. The van der Waals surface area contributed by atoms with Gasteiger partial charge in [-0.2, -0.15) is 0 Å². The van der Waals surface area contributed by atoms with E-state index >= 15 is 0 Å². The molecule has 0 spiro atoms. The highest BCUT2D eigenvalue weighted by Gasteiger charge is 2.44. The molecule has 0 saturated carbocycles. The average molecular weight is 322 g/mol. The Morgan fingerprint density at radius 3 is 2.21 bits per heavy atom. The van der Waals surface area contributed by atoms with Crippen molar-refractivity contribution in [1.29, 1.82) is 0 Å². The van der Waals surface area contributed by atoms with Gasteiger partial charge in [0.2, 0.25) is 0 Å². The molecule has 2 aromatic carbocycles. The van der Waals surface area contributed by atoms with Crippen molar-refractivity contribution in [3.8, 4) is 0 Å². The molecule has 1 aliphatic rings. The fourth-order valence-electron chi connectivity index (χ4n) is 3.25. The van der Waals surface area contributed by atoms with Crippen LogP contribution in [-0.2, 0) is 9.31 Å². The fraction of sp³-hybridized carbons (Fsp3) is 0.429. The summed E-state index contributed by atoms with van der Waals surface area (Å²) in [5.74, 6) is 1.58. The summed E-state index contributed by atoms with van der Waals surface area (Å²) in [6.45, 7) is 16.9. The standard InChI is InChI=1S/C21H27BO2/c1-13(2)17-9-8-16-10-11-18(14(3)4)20(19(16)12-17)22-23-15(5)21(6,7)24-22/h8-14H,5H2,1-4,6-7H3. The summed E-state index contributed by atoms with van der Waals surface area (Å²) in [5, 5.41) is 2.45. The van der Waals surface area contributed by atoms with E-state index in [-0.39, 0.29) is 0 Å². The SMILES string of the molecule is C=C1OB(c2c(C(C)C)ccc3ccc(C(C)C)cc23)OC1(C)C. The van der Waals surface area contributed by atoms with Gasteiger partial charge in [-0.3, -0.25) is 0 Å². The molecule has 2 nitrogen and oxygen atoms in total. The van der Waals surface area contributed by atoms with Crippen LogP contribution in [0.2, 0.25) is 0 Å². The van der Waals surface area contributed by atoms with Crippen molar-refractivity contribution in [2.45, 2.75) is 59.0 Å². The first kappa shape index (κ1) is 17.1. The number of fused-ring (bicyclic) bond motifs is 1. The van der Waals surface area contributed by atoms with Crippen molar-refractivity contribution >= 4 is 23.4 Å². The van der Waals surface area contributed by atoms with Crippen LogP contribution in [0.25, 0.3) is 10.8 Å². The van der Waals surface area contributed by atoms with Crippen molar-refractivity contribution in [3.05, 3.63) is 53.8 Å². The Balaban J connectivity index is 2.24. The summed E-state index contributed by atoms with van der Waals surface area (Å²) >= 11 is 0. The zero-order valence-corrected chi connectivity index (χ0v) is 15.6. The minimum absolute atomic E-state index is 0.393. The lowest BCUT2D eigenvalue weighted by atomic mass is 9.70. The molecule has 3 rings (SSSR count). The number of benzene rings is 2. The third-order valence-corrected chi connectivity index (χ3v) is 4.97. The van der Waals surface area contributed by atoms with Crippen molar-refractivity contribution < 1.29 is 9.31 Å². The lowest BCUT2D eigenvalue weighted by Crippen LogP contribution is -2.37. The first-order chi connectivity index (χ1) is 11.2. The summed E-state index contributed by atoms with van der Waals surface area (Å²) in [6.07, 6.45) is 0. The second-order valence-electron chi connectivity index (χ2n) is 7.86. The molecular weight excluding hydrogens is 295 g/mol. The number of hydrogen-bond acceptors (Lipinski definition) is 2. The predicted molar refractivity (Wildman–Crippen MR) is 103 cm³/mol. The molecule has 2 aromatic rings. The highest BCUT2D eigenvalue weighted by molar-refractivity contribution is 6.66. The molecule has 126 valence electrons. The van der Waals surface area contributed by atoms with Gasteiger partial charge in [0.05, 0.1) is 5.76 Å². The van der Waals surface area contributed by atoms with Crippen LogP contribution in [0, 0.1) is 0 Å². The molecule has 0 atom stereocenters. The van der Waals surface area contributed by atoms with E-state index in [0.29, 0.717) is 17.6 Å². The van der Waals surface area contributed by atoms with Crippen molar-refractivity contribution in [2.24, 2.45) is 0 Å². The van der Waals surface area contributed by atoms with Crippen molar-refractivity contribution in [3.63, 3.8) is 0 Å². The first-order valence-electron chi connectivity index (χ1n) is 8.81. The molecule has 0 aromatic heterocycles. The minimum Gasteiger partial charge on any atom is -0.534 e. The third-order valence-electron chi connectivity index (χ3n) is 4.97. The molecule has 0 unspecified atom stereocenters. The summed E-state index contributed by atoms with van der Waals surface area (Å²) < 4.78 is 12.3. The molecule has 3 heteroatoms. The van der Waals surface area contributed by atoms with Crippen LogP contribution in [0.3, 0.4) is 0 Å². The van der Waals surface area contributed by atoms with E-state index in [0.717, 1.165) is 5.46 Å². The van der Waals surface area contributed by atoms with Crippen LogP contribution < -0.4 is 5.46 Å². The van der Waals surface area contributed by atoms with E-state index in [1.165, 1.54) is 21.9 Å². The Kier molecular flexibility index (Phi) is 4.25. The van der Waals surface area contributed by atoms with Gasteiger partial charge in [-0.25, -0.2) is 0 Å². The molecule has 0 amide bonds. The van der Waals surface area contributed by atoms with Gasteiger partial charge in [0.25, 0.3) is 0 Å². The minimum atomic E-state index is -0.462. The Bertz CT molecular complexity index is 785. The molecular formula is C21H27BO2. The zero-order valence-electron chi connectivity index (χ0n) is 15.6. The molecule has 1 aliphatic heterocycles. The van der Waals surface area contributed by atoms with Crippen molar-refractivity contribution in [1.82, 2.24) is 0 Å². The fourth-order valence-corrected chi connectivity index (χ4v) is 3.25. The van der Waals surface area contributed by atoms with Gasteiger partial charge in [0.1, 0.15) is 5.60 Å². The van der Waals surface area contributed by atoms with E-state index < -0.39 is 12.7 Å². The summed E-state index contributed by atoms with van der Waals surface area (Å²) in [6, 6.07) is 11.1. The van der Waals surface area contributed by atoms with Gasteiger partial charge < -0.3 is 9.31 Å². The zero-order chi connectivity index (χ0) is 17.6. The van der Waals surface area contributed by atoms with Gasteiger partial charge >= 0.3 is 7.12 Å². The molecule has 0 N–H and O–H groups in total. The van der Waals surface area contributed by atoms with Gasteiger partial charge in [-0.15, -0.1) is 0 Å². The largest absolute Gasteiger partial charge is 0.564 e. The molecule has 0 radical (unpaired) electrons. The predicted octanol–water partition coefficient (Wildman–Crippen LogP) is 5.12. The maximum Gasteiger partial charge on any atom is 0.564 e. The van der Waals surface area contributed by atoms with Crippen LogP contribution in [0.15, 0.2) is 42.7 Å². The second kappa shape index (κ2) is 5.96. The molecule has 24 heavy (non-hydrogen) atoms. The Hall–Kier alpha value is -1.74. The summed E-state index contributed by atoms with van der Waals surface area (Å²) in [5.41, 5.74) is 3.30. The van der Waals surface area contributed by atoms with Crippen LogP contribution in [-0.4, -0.2) is 12.7 Å². The van der Waals surface area contributed by atoms with E-state index in [1.54, 1.807) is 0 Å². The van der Waals surface area contributed by atoms with Gasteiger partial charge in [-0.1, -0.05) is 64.6 Å². The first-order valence-corrected chi connectivity index (χ1v) is 8.81. The summed E-state index contributed by atoms with van der Waals surface area (Å²) in [4.78, 5) is 0. The molecule has 0 bridgehead atoms. The van der Waals surface area contributed by atoms with Crippen LogP contribution in [0.5, 0.6) is 0 Å². The summed E-state index contributed by atoms with van der Waals surface area (Å²) in [7, 11) is -0.393. The van der Waals surface area contributed by atoms with E-state index in [1.807, 2.05) is 13.8 Å². The van der Waals surface area contributed by atoms with Crippen LogP contribution >= 0.6 is 0 Å². The average Bonchev–Trinajstić information content (AvgIpc) is 2.78. The molecule has 1 fully saturated rings. The maximum atomic E-state index is 6.22. The van der Waals surface area contributed by atoms with Crippen LogP contribution in [0.4, 0.5) is 0 Å². The Morgan fingerprint density at radius 1 is 1.00 bits per heavy atom. The van der Waals surface area contributed by atoms with Crippen molar-refractivity contribution in [2.75, 3.05) is 0 Å². The second-order valence-corrected chi connectivity index (χ2v) is 7.86. The highest BCUT2D eigenvalue weighted by Crippen LogP contribution is 2.32. The van der Waals surface area contributed by atoms with E-state index in [4.69, 9.17) is 9.31 Å². The third kappa shape index (κ3) is 2.86.